The summed E-state index contributed by atoms with van der Waals surface area (Å²) in [6, 6.07) is 1.81. The van der Waals surface area contributed by atoms with Gasteiger partial charge in [0.1, 0.15) is 5.82 Å². The molecule has 6 heteroatoms. The van der Waals surface area contributed by atoms with Gasteiger partial charge in [0.25, 0.3) is 0 Å². The monoisotopic (exact) mass is 288 g/mol. The van der Waals surface area contributed by atoms with Gasteiger partial charge < -0.3 is 19.5 Å². The quantitative estimate of drug-likeness (QED) is 0.701. The Labute approximate surface area is 119 Å². The van der Waals surface area contributed by atoms with Gasteiger partial charge in [-0.25, -0.2) is 4.98 Å². The van der Waals surface area contributed by atoms with Gasteiger partial charge in [-0.3, -0.25) is 0 Å². The lowest BCUT2D eigenvalue weighted by Gasteiger charge is -2.24. The van der Waals surface area contributed by atoms with Crippen LogP contribution in [0.5, 0.6) is 0 Å². The Morgan fingerprint density at radius 1 is 1.26 bits per heavy atom. The van der Waals surface area contributed by atoms with Gasteiger partial charge in [0.2, 0.25) is 0 Å². The number of nitrogens with zero attached hydrogens (tertiary/aromatic N) is 2. The van der Waals surface area contributed by atoms with E-state index in [1.54, 1.807) is 20.4 Å². The van der Waals surface area contributed by atoms with Crippen LogP contribution in [0.25, 0.3) is 0 Å². The van der Waals surface area contributed by atoms with Crippen LogP contribution in [0, 0.1) is 0 Å². The predicted molar refractivity (Wildman–Crippen MR) is 75.8 cm³/mol. The Morgan fingerprint density at radius 2 is 2.00 bits per heavy atom. The molecule has 108 valence electrons. The maximum absolute atomic E-state index is 9.24. The molecule has 0 unspecified atom stereocenters. The first kappa shape index (κ1) is 16.2. The van der Waals surface area contributed by atoms with Crippen molar-refractivity contribution in [2.45, 2.75) is 13.0 Å². The summed E-state index contributed by atoms with van der Waals surface area (Å²) in [6.45, 7) is 2.77. The molecule has 0 aliphatic rings. The molecule has 1 aromatic rings. The standard InChI is InChI=1S/C13H21ClN2O3/c1-18-6-3-4-16(5-7-19-2)13-8-11(10-17)12(14)9-15-13/h8-9,17H,3-7,10H2,1-2H3. The van der Waals surface area contributed by atoms with Crippen molar-refractivity contribution in [2.24, 2.45) is 0 Å². The Hall–Kier alpha value is -0.880. The van der Waals surface area contributed by atoms with E-state index in [0.29, 0.717) is 23.8 Å². The molecule has 0 radical (unpaired) electrons. The highest BCUT2D eigenvalue weighted by Crippen LogP contribution is 2.20. The number of ether oxygens (including phenoxy) is 2. The number of methoxy groups -OCH3 is 2. The molecule has 0 atom stereocenters. The van der Waals surface area contributed by atoms with Crippen LogP contribution in [-0.2, 0) is 16.1 Å². The minimum atomic E-state index is -0.0927. The molecule has 1 aromatic heterocycles. The number of halogens is 1. The fraction of sp³-hybridized carbons (Fsp3) is 0.615. The first-order valence-corrected chi connectivity index (χ1v) is 6.58. The van der Waals surface area contributed by atoms with Crippen molar-refractivity contribution < 1.29 is 14.6 Å². The van der Waals surface area contributed by atoms with Crippen LogP contribution in [0.15, 0.2) is 12.3 Å². The van der Waals surface area contributed by atoms with E-state index in [4.69, 9.17) is 21.1 Å². The van der Waals surface area contributed by atoms with Gasteiger partial charge in [0, 0.05) is 45.7 Å². The molecule has 0 spiro atoms. The number of aromatic nitrogens is 1. The van der Waals surface area contributed by atoms with Crippen molar-refractivity contribution in [3.05, 3.63) is 22.8 Å². The predicted octanol–water partition coefficient (Wildman–Crippen LogP) is 1.72. The Balaban J connectivity index is 2.76. The van der Waals surface area contributed by atoms with Gasteiger partial charge >= 0.3 is 0 Å². The van der Waals surface area contributed by atoms with Crippen LogP contribution >= 0.6 is 11.6 Å². The average molecular weight is 289 g/mol. The van der Waals surface area contributed by atoms with E-state index in [9.17, 15) is 5.11 Å². The molecular formula is C13H21ClN2O3. The highest BCUT2D eigenvalue weighted by Gasteiger charge is 2.10. The molecule has 0 aromatic carbocycles. The molecule has 0 amide bonds. The van der Waals surface area contributed by atoms with E-state index in [1.807, 2.05) is 6.07 Å². The number of aliphatic hydroxyl groups is 1. The van der Waals surface area contributed by atoms with E-state index in [0.717, 1.165) is 25.3 Å². The number of anilines is 1. The summed E-state index contributed by atoms with van der Waals surface area (Å²) >= 11 is 5.95. The summed E-state index contributed by atoms with van der Waals surface area (Å²) in [5, 5.41) is 9.72. The molecular weight excluding hydrogens is 268 g/mol. The van der Waals surface area contributed by atoms with Gasteiger partial charge in [-0.15, -0.1) is 0 Å². The summed E-state index contributed by atoms with van der Waals surface area (Å²) in [4.78, 5) is 6.40. The molecule has 0 fully saturated rings. The van der Waals surface area contributed by atoms with E-state index >= 15 is 0 Å². The molecule has 0 saturated heterocycles. The smallest absolute Gasteiger partial charge is 0.129 e. The number of aliphatic hydroxyl groups excluding tert-OH is 1. The summed E-state index contributed by atoms with van der Waals surface area (Å²) < 4.78 is 10.2. The summed E-state index contributed by atoms with van der Waals surface area (Å²) in [6.07, 6.45) is 2.47. The van der Waals surface area contributed by atoms with Crippen LogP contribution in [0.2, 0.25) is 5.02 Å². The summed E-state index contributed by atoms with van der Waals surface area (Å²) in [7, 11) is 3.35. The molecule has 0 aliphatic heterocycles. The number of rotatable bonds is 9. The van der Waals surface area contributed by atoms with Crippen molar-refractivity contribution in [1.82, 2.24) is 4.98 Å². The third-order valence-corrected chi connectivity index (χ3v) is 3.10. The molecule has 0 aliphatic carbocycles. The minimum absolute atomic E-state index is 0.0927. The van der Waals surface area contributed by atoms with Gasteiger partial charge in [-0.1, -0.05) is 11.6 Å². The zero-order valence-corrected chi connectivity index (χ0v) is 12.2. The number of hydrogen-bond acceptors (Lipinski definition) is 5. The topological polar surface area (TPSA) is 54.8 Å². The lowest BCUT2D eigenvalue weighted by molar-refractivity contribution is 0.191. The first-order chi connectivity index (χ1) is 9.22. The molecule has 0 bridgehead atoms. The third kappa shape index (κ3) is 5.32. The van der Waals surface area contributed by atoms with Gasteiger partial charge in [0.05, 0.1) is 18.2 Å². The second kappa shape index (κ2) is 9.09. The first-order valence-electron chi connectivity index (χ1n) is 6.21. The molecule has 19 heavy (non-hydrogen) atoms. The Morgan fingerprint density at radius 3 is 2.63 bits per heavy atom. The summed E-state index contributed by atoms with van der Waals surface area (Å²) in [5.74, 6) is 0.793. The van der Waals surface area contributed by atoms with Gasteiger partial charge in [-0.2, -0.15) is 0 Å². The zero-order chi connectivity index (χ0) is 14.1. The van der Waals surface area contributed by atoms with E-state index in [-0.39, 0.29) is 6.61 Å². The van der Waals surface area contributed by atoms with Crippen molar-refractivity contribution in [3.63, 3.8) is 0 Å². The molecule has 1 rings (SSSR count). The highest BCUT2D eigenvalue weighted by atomic mass is 35.5. The van der Waals surface area contributed by atoms with Crippen LogP contribution in [0.3, 0.4) is 0 Å². The SMILES string of the molecule is COCCCN(CCOC)c1cc(CO)c(Cl)cn1. The lowest BCUT2D eigenvalue weighted by Crippen LogP contribution is -2.29. The minimum Gasteiger partial charge on any atom is -0.392 e. The van der Waals surface area contributed by atoms with Crippen molar-refractivity contribution >= 4 is 17.4 Å². The fourth-order valence-electron chi connectivity index (χ4n) is 1.70. The molecule has 0 saturated carbocycles. The molecule has 1 N–H and O–H groups in total. The number of pyridine rings is 1. The van der Waals surface area contributed by atoms with Crippen molar-refractivity contribution in [2.75, 3.05) is 45.4 Å². The normalized spacial score (nSPS) is 10.7. The van der Waals surface area contributed by atoms with E-state index in [2.05, 4.69) is 9.88 Å². The maximum Gasteiger partial charge on any atom is 0.129 e. The van der Waals surface area contributed by atoms with E-state index < -0.39 is 0 Å². The van der Waals surface area contributed by atoms with Crippen LogP contribution in [0.4, 0.5) is 5.82 Å². The Kier molecular flexibility index (Phi) is 7.74. The molecule has 5 nitrogen and oxygen atoms in total. The largest absolute Gasteiger partial charge is 0.392 e. The molecule has 1 heterocycles. The van der Waals surface area contributed by atoms with Crippen LogP contribution < -0.4 is 4.90 Å². The summed E-state index contributed by atoms with van der Waals surface area (Å²) in [5.41, 5.74) is 0.681. The lowest BCUT2D eigenvalue weighted by atomic mass is 10.2. The van der Waals surface area contributed by atoms with Crippen molar-refractivity contribution in [3.8, 4) is 0 Å². The van der Waals surface area contributed by atoms with Crippen LogP contribution in [-0.4, -0.2) is 50.6 Å². The second-order valence-corrected chi connectivity index (χ2v) is 4.53. The van der Waals surface area contributed by atoms with Crippen LogP contribution in [0.1, 0.15) is 12.0 Å². The highest BCUT2D eigenvalue weighted by molar-refractivity contribution is 6.31. The number of hydrogen-bond donors (Lipinski definition) is 1. The second-order valence-electron chi connectivity index (χ2n) is 4.12. The maximum atomic E-state index is 9.24. The van der Waals surface area contributed by atoms with Crippen molar-refractivity contribution in [1.29, 1.82) is 0 Å². The average Bonchev–Trinajstić information content (AvgIpc) is 2.43. The zero-order valence-electron chi connectivity index (χ0n) is 11.4. The van der Waals surface area contributed by atoms with Gasteiger partial charge in [0.15, 0.2) is 0 Å². The Bertz CT molecular complexity index is 377. The van der Waals surface area contributed by atoms with Gasteiger partial charge in [-0.05, 0) is 12.5 Å². The fourth-order valence-corrected chi connectivity index (χ4v) is 1.87. The third-order valence-electron chi connectivity index (χ3n) is 2.76. The van der Waals surface area contributed by atoms with E-state index in [1.165, 1.54) is 0 Å².